The fraction of sp³-hybridized carbons (Fsp3) is 0.280. The van der Waals surface area contributed by atoms with E-state index in [2.05, 4.69) is 47.2 Å². The largest absolute Gasteiger partial charge is 0.496 e. The molecule has 4 aromatic rings. The molecule has 5 rings (SSSR count). The van der Waals surface area contributed by atoms with Crippen molar-refractivity contribution in [2.75, 3.05) is 28.3 Å². The van der Waals surface area contributed by atoms with E-state index in [-0.39, 0.29) is 17.6 Å². The fourth-order valence-electron chi connectivity index (χ4n) is 4.72. The SMILES string of the molecule is COc1cc2[nH]c(-c3ccc4c(c3)C(N(C)C)[C@H](OC)C4)cc(=O)c2cc1-c1cnco1. The van der Waals surface area contributed by atoms with Crippen LogP contribution in [0.4, 0.5) is 0 Å². The summed E-state index contributed by atoms with van der Waals surface area (Å²) in [5.41, 5.74) is 5.55. The molecule has 0 bridgehead atoms. The van der Waals surface area contributed by atoms with Crippen molar-refractivity contribution >= 4 is 10.9 Å². The summed E-state index contributed by atoms with van der Waals surface area (Å²) in [7, 11) is 7.48. The molecular weight excluding hydrogens is 406 g/mol. The Morgan fingerprint density at radius 3 is 2.69 bits per heavy atom. The molecule has 1 aliphatic carbocycles. The minimum absolute atomic E-state index is 0.0726. The minimum atomic E-state index is -0.0726. The van der Waals surface area contributed by atoms with Gasteiger partial charge in [0.05, 0.1) is 36.5 Å². The Hall–Kier alpha value is -3.42. The first-order chi connectivity index (χ1) is 15.5. The highest BCUT2D eigenvalue weighted by Gasteiger charge is 2.34. The van der Waals surface area contributed by atoms with Crippen molar-refractivity contribution in [3.05, 3.63) is 70.3 Å². The number of likely N-dealkylation sites (N-methyl/N-ethyl adjacent to an activating group) is 1. The van der Waals surface area contributed by atoms with Gasteiger partial charge in [-0.2, -0.15) is 0 Å². The van der Waals surface area contributed by atoms with E-state index in [1.807, 2.05) is 6.07 Å². The number of nitrogens with one attached hydrogen (secondary N) is 1. The smallest absolute Gasteiger partial charge is 0.190 e. The van der Waals surface area contributed by atoms with Gasteiger partial charge in [0.25, 0.3) is 0 Å². The van der Waals surface area contributed by atoms with E-state index in [0.29, 0.717) is 28.0 Å². The summed E-state index contributed by atoms with van der Waals surface area (Å²) in [6.07, 6.45) is 3.95. The van der Waals surface area contributed by atoms with E-state index >= 15 is 0 Å². The molecule has 0 fully saturated rings. The van der Waals surface area contributed by atoms with Gasteiger partial charge in [-0.3, -0.25) is 4.79 Å². The Labute approximate surface area is 185 Å². The lowest BCUT2D eigenvalue weighted by Gasteiger charge is -2.26. The Morgan fingerprint density at radius 1 is 1.16 bits per heavy atom. The summed E-state index contributed by atoms with van der Waals surface area (Å²) in [6, 6.07) is 11.8. The third-order valence-electron chi connectivity index (χ3n) is 6.26. The van der Waals surface area contributed by atoms with Gasteiger partial charge in [-0.15, -0.1) is 0 Å². The second-order valence-electron chi connectivity index (χ2n) is 8.31. The van der Waals surface area contributed by atoms with Crippen LogP contribution < -0.4 is 10.2 Å². The van der Waals surface area contributed by atoms with E-state index in [9.17, 15) is 4.79 Å². The van der Waals surface area contributed by atoms with E-state index in [1.54, 1.807) is 32.5 Å². The van der Waals surface area contributed by atoms with Gasteiger partial charge in [0.1, 0.15) is 5.75 Å². The highest BCUT2D eigenvalue weighted by atomic mass is 16.5. The Kier molecular flexibility index (Phi) is 5.07. The molecule has 7 heteroatoms. The molecule has 0 amide bonds. The van der Waals surface area contributed by atoms with Crippen molar-refractivity contribution in [3.8, 4) is 28.3 Å². The first kappa shape index (κ1) is 20.5. The second-order valence-corrected chi connectivity index (χ2v) is 8.31. The van der Waals surface area contributed by atoms with Gasteiger partial charge in [-0.1, -0.05) is 12.1 Å². The number of hydrogen-bond acceptors (Lipinski definition) is 6. The standard InChI is InChI=1S/C25H25N3O4/c1-28(2)25-16-7-15(6-5-14(16)8-23(25)31-4)19-10-21(29)17-9-18(24-12-26-13-32-24)22(30-3)11-20(17)27-19/h5-7,9-13,23,25H,8H2,1-4H3,(H,27,29)/t23-,25?/m1/s1. The van der Waals surface area contributed by atoms with Gasteiger partial charge in [-0.25, -0.2) is 4.98 Å². The summed E-state index contributed by atoms with van der Waals surface area (Å²) in [5.74, 6) is 1.15. The number of oxazole rings is 1. The van der Waals surface area contributed by atoms with Gasteiger partial charge in [-0.05, 0) is 42.9 Å². The summed E-state index contributed by atoms with van der Waals surface area (Å²) in [4.78, 5) is 22.6. The maximum atomic E-state index is 13.1. The normalized spacial score (nSPS) is 17.8. The van der Waals surface area contributed by atoms with Crippen molar-refractivity contribution < 1.29 is 13.9 Å². The lowest BCUT2D eigenvalue weighted by molar-refractivity contribution is 0.0436. The number of hydrogen-bond donors (Lipinski definition) is 1. The highest BCUT2D eigenvalue weighted by Crippen LogP contribution is 2.39. The Bertz CT molecular complexity index is 1340. The number of fused-ring (bicyclic) bond motifs is 2. The zero-order valence-electron chi connectivity index (χ0n) is 18.5. The molecule has 1 N–H and O–H groups in total. The quantitative estimate of drug-likeness (QED) is 0.514. The molecule has 2 aromatic carbocycles. The zero-order valence-corrected chi connectivity index (χ0v) is 18.5. The molecule has 1 aliphatic rings. The number of ether oxygens (including phenoxy) is 2. The molecule has 164 valence electrons. The van der Waals surface area contributed by atoms with Crippen molar-refractivity contribution in [1.82, 2.24) is 14.9 Å². The third-order valence-corrected chi connectivity index (χ3v) is 6.26. The number of aromatic amines is 1. The van der Waals surface area contributed by atoms with Crippen LogP contribution in [0.1, 0.15) is 17.2 Å². The molecule has 7 nitrogen and oxygen atoms in total. The number of pyridine rings is 1. The lowest BCUT2D eigenvalue weighted by Crippen LogP contribution is -2.29. The van der Waals surface area contributed by atoms with Crippen LogP contribution in [-0.4, -0.2) is 49.3 Å². The van der Waals surface area contributed by atoms with Gasteiger partial charge < -0.3 is 23.8 Å². The van der Waals surface area contributed by atoms with Crippen molar-refractivity contribution in [1.29, 1.82) is 0 Å². The molecule has 0 saturated carbocycles. The molecule has 0 spiro atoms. The summed E-state index contributed by atoms with van der Waals surface area (Å²) < 4.78 is 16.7. The zero-order chi connectivity index (χ0) is 22.4. The van der Waals surface area contributed by atoms with Gasteiger partial charge in [0.15, 0.2) is 17.6 Å². The molecule has 2 aromatic heterocycles. The van der Waals surface area contributed by atoms with Gasteiger partial charge >= 0.3 is 0 Å². The molecule has 2 heterocycles. The van der Waals surface area contributed by atoms with Crippen LogP contribution in [0, 0.1) is 0 Å². The summed E-state index contributed by atoms with van der Waals surface area (Å²) in [5, 5.41) is 0.563. The maximum Gasteiger partial charge on any atom is 0.190 e. The van der Waals surface area contributed by atoms with E-state index in [1.165, 1.54) is 17.5 Å². The number of methoxy groups -OCH3 is 2. The van der Waals surface area contributed by atoms with Gasteiger partial charge in [0.2, 0.25) is 0 Å². The lowest BCUT2D eigenvalue weighted by atomic mass is 10.0. The monoisotopic (exact) mass is 431 g/mol. The predicted molar refractivity (Wildman–Crippen MR) is 123 cm³/mol. The second kappa shape index (κ2) is 7.93. The summed E-state index contributed by atoms with van der Waals surface area (Å²) in [6.45, 7) is 0. The van der Waals surface area contributed by atoms with Gasteiger partial charge in [0, 0.05) is 36.7 Å². The summed E-state index contributed by atoms with van der Waals surface area (Å²) >= 11 is 0. The average Bonchev–Trinajstić information content (AvgIpc) is 3.45. The Morgan fingerprint density at radius 2 is 2.00 bits per heavy atom. The Balaban J connectivity index is 1.63. The molecule has 32 heavy (non-hydrogen) atoms. The van der Waals surface area contributed by atoms with Crippen molar-refractivity contribution in [2.24, 2.45) is 0 Å². The fourth-order valence-corrected chi connectivity index (χ4v) is 4.72. The van der Waals surface area contributed by atoms with Crippen LogP contribution >= 0.6 is 0 Å². The molecule has 1 unspecified atom stereocenters. The molecule has 2 atom stereocenters. The number of nitrogens with zero attached hydrogens (tertiary/aromatic N) is 2. The van der Waals surface area contributed by atoms with Crippen LogP contribution in [0.5, 0.6) is 5.75 Å². The van der Waals surface area contributed by atoms with Crippen molar-refractivity contribution in [2.45, 2.75) is 18.6 Å². The van der Waals surface area contributed by atoms with Crippen LogP contribution in [0.3, 0.4) is 0 Å². The molecule has 0 radical (unpaired) electrons. The van der Waals surface area contributed by atoms with Crippen LogP contribution in [-0.2, 0) is 11.2 Å². The van der Waals surface area contributed by atoms with Crippen LogP contribution in [0.2, 0.25) is 0 Å². The third kappa shape index (κ3) is 3.30. The first-order valence-electron chi connectivity index (χ1n) is 10.5. The molecular formula is C25H25N3O4. The van der Waals surface area contributed by atoms with Crippen LogP contribution in [0.15, 0.2) is 58.2 Å². The number of aromatic nitrogens is 2. The predicted octanol–water partition coefficient (Wildman–Crippen LogP) is 4.03. The number of rotatable bonds is 5. The average molecular weight is 431 g/mol. The highest BCUT2D eigenvalue weighted by molar-refractivity contribution is 5.88. The number of benzene rings is 2. The maximum absolute atomic E-state index is 13.1. The molecule has 0 aliphatic heterocycles. The van der Waals surface area contributed by atoms with Crippen molar-refractivity contribution in [3.63, 3.8) is 0 Å². The van der Waals surface area contributed by atoms with E-state index in [4.69, 9.17) is 13.9 Å². The molecule has 0 saturated heterocycles. The topological polar surface area (TPSA) is 80.6 Å². The van der Waals surface area contributed by atoms with E-state index in [0.717, 1.165) is 17.7 Å². The first-order valence-corrected chi connectivity index (χ1v) is 10.5. The number of H-pyrrole nitrogens is 1. The minimum Gasteiger partial charge on any atom is -0.496 e. The van der Waals surface area contributed by atoms with E-state index < -0.39 is 0 Å². The van der Waals surface area contributed by atoms with Crippen LogP contribution in [0.25, 0.3) is 33.5 Å².